The van der Waals surface area contributed by atoms with Crippen LogP contribution in [-0.4, -0.2) is 10.4 Å². The number of halogens is 2. The molecule has 0 aliphatic rings. The monoisotopic (exact) mass is 419 g/mol. The van der Waals surface area contributed by atoms with Crippen LogP contribution in [0.2, 0.25) is 5.02 Å². The zero-order valence-electron chi connectivity index (χ0n) is 14.0. The third-order valence-electron chi connectivity index (χ3n) is 4.09. The van der Waals surface area contributed by atoms with E-state index in [-0.39, 0.29) is 29.3 Å². The molecule has 0 saturated heterocycles. The Morgan fingerprint density at radius 2 is 1.88 bits per heavy atom. The second-order valence-corrected chi connectivity index (χ2v) is 6.30. The van der Waals surface area contributed by atoms with E-state index in [0.717, 1.165) is 11.3 Å². The minimum Gasteiger partial charge on any atom is -1.00 e. The Kier molecular flexibility index (Phi) is 6.03. The predicted octanol–water partition coefficient (Wildman–Crippen LogP) is 0.411. The van der Waals surface area contributed by atoms with E-state index in [1.807, 2.05) is 36.9 Å². The summed E-state index contributed by atoms with van der Waals surface area (Å²) >= 11 is 5.96. The van der Waals surface area contributed by atoms with Gasteiger partial charge in [0.05, 0.1) is 7.05 Å². The van der Waals surface area contributed by atoms with E-state index in [0.29, 0.717) is 16.5 Å². The molecule has 0 spiro atoms. The number of Topliss-reactive ketones (excluding diaryl/α,β-unsaturated/α-hetero) is 1. The number of aromatic nitrogens is 2. The molecule has 4 nitrogen and oxygen atoms in total. The summed E-state index contributed by atoms with van der Waals surface area (Å²) in [5.74, 6) is 0.496. The minimum atomic E-state index is -0.0322. The fourth-order valence-corrected chi connectivity index (χ4v) is 2.83. The number of benzene rings is 2. The van der Waals surface area contributed by atoms with E-state index in [9.17, 15) is 4.79 Å². The van der Waals surface area contributed by atoms with Gasteiger partial charge in [-0.3, -0.25) is 10.5 Å². The van der Waals surface area contributed by atoms with Gasteiger partial charge >= 0.3 is 5.95 Å². The topological polar surface area (TPSA) is 51.9 Å². The van der Waals surface area contributed by atoms with Gasteiger partial charge < -0.3 is 17.0 Å². The molecule has 0 unspecified atom stereocenters. The number of carbonyl (C=O) groups is 1. The van der Waals surface area contributed by atoms with Crippen molar-refractivity contribution in [2.24, 2.45) is 7.05 Å². The third-order valence-corrected chi connectivity index (χ3v) is 4.32. The number of hydrogen-bond donors (Lipinski definition) is 1. The molecule has 25 heavy (non-hydrogen) atoms. The Morgan fingerprint density at radius 1 is 1.20 bits per heavy atom. The van der Waals surface area contributed by atoms with Crippen LogP contribution in [0, 0.1) is 6.92 Å². The maximum Gasteiger partial charge on any atom is 0.355 e. The average molecular weight is 421 g/mol. The molecule has 0 saturated carbocycles. The van der Waals surface area contributed by atoms with E-state index in [2.05, 4.69) is 12.1 Å². The van der Waals surface area contributed by atoms with Crippen LogP contribution in [-0.2, 0) is 13.6 Å². The molecule has 130 valence electrons. The molecule has 0 aliphatic carbocycles. The van der Waals surface area contributed by atoms with E-state index in [1.54, 1.807) is 28.8 Å². The summed E-state index contributed by atoms with van der Waals surface area (Å²) in [7, 11) is 1.89. The Bertz CT molecular complexity index is 904. The highest BCUT2D eigenvalue weighted by atomic mass is 79.9. The first-order valence-electron chi connectivity index (χ1n) is 7.66. The lowest BCUT2D eigenvalue weighted by atomic mass is 10.1. The van der Waals surface area contributed by atoms with Crippen molar-refractivity contribution in [3.63, 3.8) is 0 Å². The Hall–Kier alpha value is -2.11. The van der Waals surface area contributed by atoms with Crippen molar-refractivity contribution in [2.75, 3.05) is 5.73 Å². The standard InChI is InChI=1S/C19H18ClN3O.BrH/c1-13-6-8-14(9-7-13)17-11-23(19(21)22(17)2)12-18(24)15-4-3-5-16(20)10-15;/h3-11,21H,12H2,1-2H3;1H. The van der Waals surface area contributed by atoms with Crippen molar-refractivity contribution in [3.8, 4) is 11.3 Å². The summed E-state index contributed by atoms with van der Waals surface area (Å²) in [5, 5.41) is 0.548. The van der Waals surface area contributed by atoms with Gasteiger partial charge in [-0.15, -0.1) is 0 Å². The van der Waals surface area contributed by atoms with Crippen LogP contribution in [0.3, 0.4) is 0 Å². The fraction of sp³-hybridized carbons (Fsp3) is 0.158. The second-order valence-electron chi connectivity index (χ2n) is 5.86. The molecular formula is C19H19BrClN3O. The number of hydrogen-bond acceptors (Lipinski definition) is 2. The zero-order chi connectivity index (χ0) is 17.3. The summed E-state index contributed by atoms with van der Waals surface area (Å²) in [6, 6.07) is 15.2. The average Bonchev–Trinajstić information content (AvgIpc) is 2.84. The van der Waals surface area contributed by atoms with Gasteiger partial charge in [-0.2, -0.15) is 0 Å². The number of nitrogens with zero attached hydrogens (tertiary/aromatic N) is 2. The first-order chi connectivity index (χ1) is 11.5. The summed E-state index contributed by atoms with van der Waals surface area (Å²) in [6.45, 7) is 2.22. The van der Waals surface area contributed by atoms with E-state index < -0.39 is 0 Å². The molecule has 2 aromatic carbocycles. The van der Waals surface area contributed by atoms with Crippen molar-refractivity contribution in [3.05, 3.63) is 70.9 Å². The SMILES string of the molecule is Cc1ccc(-c2c[n+](CC(=O)c3cccc(Cl)c3)c(N)n2C)cc1.[Br-]. The van der Waals surface area contributed by atoms with Crippen LogP contribution < -0.4 is 27.3 Å². The van der Waals surface area contributed by atoms with Gasteiger partial charge in [-0.1, -0.05) is 53.6 Å². The maximum absolute atomic E-state index is 12.5. The molecule has 0 amide bonds. The minimum absolute atomic E-state index is 0. The number of ketones is 1. The van der Waals surface area contributed by atoms with Gasteiger partial charge in [0, 0.05) is 16.1 Å². The van der Waals surface area contributed by atoms with Crippen LogP contribution in [0.5, 0.6) is 0 Å². The van der Waals surface area contributed by atoms with Gasteiger partial charge in [-0.05, 0) is 19.1 Å². The molecule has 0 aliphatic heterocycles. The Labute approximate surface area is 162 Å². The van der Waals surface area contributed by atoms with E-state index >= 15 is 0 Å². The highest BCUT2D eigenvalue weighted by molar-refractivity contribution is 6.30. The van der Waals surface area contributed by atoms with Gasteiger partial charge in [0.25, 0.3) is 0 Å². The molecular weight excluding hydrogens is 402 g/mol. The van der Waals surface area contributed by atoms with Gasteiger partial charge in [0.1, 0.15) is 18.4 Å². The number of rotatable bonds is 4. The Balaban J connectivity index is 0.00000225. The zero-order valence-corrected chi connectivity index (χ0v) is 16.4. The molecule has 3 rings (SSSR count). The number of aryl methyl sites for hydroxylation is 1. The number of imidazole rings is 1. The second kappa shape index (κ2) is 7.85. The molecule has 0 bridgehead atoms. The van der Waals surface area contributed by atoms with Crippen molar-refractivity contribution in [2.45, 2.75) is 13.5 Å². The van der Waals surface area contributed by atoms with E-state index in [1.165, 1.54) is 5.56 Å². The molecule has 0 fully saturated rings. The number of nitrogens with two attached hydrogens (primary N) is 1. The van der Waals surface area contributed by atoms with Gasteiger partial charge in [-0.25, -0.2) is 9.13 Å². The lowest BCUT2D eigenvalue weighted by Crippen LogP contribution is -3.00. The first-order valence-corrected chi connectivity index (χ1v) is 8.04. The summed E-state index contributed by atoms with van der Waals surface area (Å²) in [6.07, 6.45) is 1.91. The van der Waals surface area contributed by atoms with Crippen molar-refractivity contribution < 1.29 is 26.3 Å². The van der Waals surface area contributed by atoms with Crippen LogP contribution >= 0.6 is 11.6 Å². The van der Waals surface area contributed by atoms with Crippen LogP contribution in [0.1, 0.15) is 15.9 Å². The fourth-order valence-electron chi connectivity index (χ4n) is 2.64. The number of anilines is 1. The van der Waals surface area contributed by atoms with Crippen LogP contribution in [0.4, 0.5) is 5.95 Å². The van der Waals surface area contributed by atoms with Crippen LogP contribution in [0.25, 0.3) is 11.3 Å². The molecule has 1 aromatic heterocycles. The van der Waals surface area contributed by atoms with Crippen molar-refractivity contribution in [1.29, 1.82) is 0 Å². The maximum atomic E-state index is 12.5. The highest BCUT2D eigenvalue weighted by Gasteiger charge is 2.20. The Morgan fingerprint density at radius 3 is 2.52 bits per heavy atom. The normalized spacial score (nSPS) is 10.4. The molecule has 2 N–H and O–H groups in total. The van der Waals surface area contributed by atoms with Gasteiger partial charge in [0.2, 0.25) is 0 Å². The highest BCUT2D eigenvalue weighted by Crippen LogP contribution is 2.20. The number of nitrogen functional groups attached to an aromatic ring is 1. The van der Waals surface area contributed by atoms with Gasteiger partial charge in [0.15, 0.2) is 5.78 Å². The largest absolute Gasteiger partial charge is 1.00 e. The van der Waals surface area contributed by atoms with Crippen LogP contribution in [0.15, 0.2) is 54.7 Å². The summed E-state index contributed by atoms with van der Waals surface area (Å²) < 4.78 is 3.65. The summed E-state index contributed by atoms with van der Waals surface area (Å²) in [5.41, 5.74) is 9.98. The van der Waals surface area contributed by atoms with E-state index in [4.69, 9.17) is 17.3 Å². The molecule has 3 aromatic rings. The molecule has 0 radical (unpaired) electrons. The molecule has 1 heterocycles. The predicted molar refractivity (Wildman–Crippen MR) is 96.0 cm³/mol. The van der Waals surface area contributed by atoms with Crippen molar-refractivity contribution in [1.82, 2.24) is 4.57 Å². The van der Waals surface area contributed by atoms with Crippen molar-refractivity contribution >= 4 is 23.3 Å². The first kappa shape index (κ1) is 19.2. The lowest BCUT2D eigenvalue weighted by Gasteiger charge is -2.01. The molecule has 0 atom stereocenters. The molecule has 6 heteroatoms. The summed E-state index contributed by atoms with van der Waals surface area (Å²) in [4.78, 5) is 12.5. The third kappa shape index (κ3) is 4.11. The quantitative estimate of drug-likeness (QED) is 0.491. The smallest absolute Gasteiger partial charge is 0.355 e. The number of carbonyl (C=O) groups excluding carboxylic acids is 1. The lowest BCUT2D eigenvalue weighted by molar-refractivity contribution is -0.667.